The largest absolute Gasteiger partial charge is 0.481 e. The van der Waals surface area contributed by atoms with E-state index in [1.807, 2.05) is 49.4 Å². The first-order valence-corrected chi connectivity index (χ1v) is 7.63. The second kappa shape index (κ2) is 6.18. The molecule has 22 heavy (non-hydrogen) atoms. The van der Waals surface area contributed by atoms with Crippen LogP contribution in [0.1, 0.15) is 26.7 Å². The highest BCUT2D eigenvalue weighted by molar-refractivity contribution is 5.89. The van der Waals surface area contributed by atoms with E-state index in [-0.39, 0.29) is 5.91 Å². The van der Waals surface area contributed by atoms with Crippen LogP contribution in [0.15, 0.2) is 47.6 Å². The molecular formula is C18H20N2O2. The van der Waals surface area contributed by atoms with Crippen LogP contribution in [0, 0.1) is 5.92 Å². The first-order valence-electron chi connectivity index (χ1n) is 7.63. The maximum Gasteiger partial charge on any atom is 0.280 e. The molecule has 1 aliphatic carbocycles. The molecular weight excluding hydrogens is 276 g/mol. The molecule has 0 aliphatic heterocycles. The van der Waals surface area contributed by atoms with Crippen molar-refractivity contribution in [2.75, 3.05) is 0 Å². The number of hydrazone groups is 1. The average molecular weight is 296 g/mol. The Bertz CT molecular complexity index is 720. The van der Waals surface area contributed by atoms with E-state index in [9.17, 15) is 4.79 Å². The summed E-state index contributed by atoms with van der Waals surface area (Å²) in [5.74, 6) is 1.01. The SMILES string of the molecule is C/C(=N\NC(=O)C(C)Oc1ccc2ccccc2c1)C1CC1. The van der Waals surface area contributed by atoms with Gasteiger partial charge in [-0.1, -0.05) is 30.3 Å². The lowest BCUT2D eigenvalue weighted by Gasteiger charge is -2.13. The first-order chi connectivity index (χ1) is 10.6. The van der Waals surface area contributed by atoms with Crippen LogP contribution in [-0.2, 0) is 4.79 Å². The topological polar surface area (TPSA) is 50.7 Å². The standard InChI is InChI=1S/C18H20N2O2/c1-12(14-7-8-14)19-20-18(21)13(2)22-17-10-9-15-5-3-4-6-16(15)11-17/h3-6,9-11,13-14H,7-8H2,1-2H3,(H,20,21)/b19-12+. The summed E-state index contributed by atoms with van der Waals surface area (Å²) < 4.78 is 5.71. The molecule has 0 aromatic heterocycles. The quantitative estimate of drug-likeness (QED) is 0.678. The van der Waals surface area contributed by atoms with Crippen molar-refractivity contribution in [3.05, 3.63) is 42.5 Å². The summed E-state index contributed by atoms with van der Waals surface area (Å²) >= 11 is 0. The Kier molecular flexibility index (Phi) is 4.09. The van der Waals surface area contributed by atoms with Crippen LogP contribution < -0.4 is 10.2 Å². The monoisotopic (exact) mass is 296 g/mol. The third-order valence-corrected chi connectivity index (χ3v) is 3.91. The lowest BCUT2D eigenvalue weighted by Crippen LogP contribution is -2.34. The third-order valence-electron chi connectivity index (χ3n) is 3.91. The van der Waals surface area contributed by atoms with Gasteiger partial charge in [-0.2, -0.15) is 5.10 Å². The molecule has 1 amide bonds. The Balaban J connectivity index is 1.62. The predicted molar refractivity (Wildman–Crippen MR) is 88.0 cm³/mol. The number of carbonyl (C=O) groups is 1. The van der Waals surface area contributed by atoms with E-state index in [2.05, 4.69) is 10.5 Å². The zero-order valence-corrected chi connectivity index (χ0v) is 12.9. The fraction of sp³-hybridized carbons (Fsp3) is 0.333. The van der Waals surface area contributed by atoms with Gasteiger partial charge in [-0.15, -0.1) is 0 Å². The third kappa shape index (κ3) is 3.45. The van der Waals surface area contributed by atoms with E-state index in [0.29, 0.717) is 11.7 Å². The Morgan fingerprint density at radius 2 is 1.95 bits per heavy atom. The number of hydrogen-bond acceptors (Lipinski definition) is 3. The molecule has 0 radical (unpaired) electrons. The van der Waals surface area contributed by atoms with E-state index in [0.717, 1.165) is 16.5 Å². The molecule has 1 saturated carbocycles. The molecule has 0 saturated heterocycles. The van der Waals surface area contributed by atoms with Gasteiger partial charge in [0.2, 0.25) is 0 Å². The van der Waals surface area contributed by atoms with E-state index >= 15 is 0 Å². The minimum absolute atomic E-state index is 0.229. The summed E-state index contributed by atoms with van der Waals surface area (Å²) in [7, 11) is 0. The molecule has 4 heteroatoms. The summed E-state index contributed by atoms with van der Waals surface area (Å²) in [6.45, 7) is 3.68. The van der Waals surface area contributed by atoms with Gasteiger partial charge in [0.05, 0.1) is 0 Å². The average Bonchev–Trinajstić information content (AvgIpc) is 3.37. The minimum Gasteiger partial charge on any atom is -0.481 e. The van der Waals surface area contributed by atoms with Crippen molar-refractivity contribution < 1.29 is 9.53 Å². The normalized spacial score (nSPS) is 16.4. The maximum atomic E-state index is 12.0. The molecule has 1 fully saturated rings. The molecule has 114 valence electrons. The van der Waals surface area contributed by atoms with Crippen LogP contribution in [0.3, 0.4) is 0 Å². The van der Waals surface area contributed by atoms with Crippen molar-refractivity contribution in [1.82, 2.24) is 5.43 Å². The van der Waals surface area contributed by atoms with Crippen molar-refractivity contribution in [2.24, 2.45) is 11.0 Å². The number of nitrogens with one attached hydrogen (secondary N) is 1. The van der Waals surface area contributed by atoms with Crippen LogP contribution in [0.25, 0.3) is 10.8 Å². The lowest BCUT2D eigenvalue weighted by molar-refractivity contribution is -0.127. The van der Waals surface area contributed by atoms with E-state index < -0.39 is 6.10 Å². The number of benzene rings is 2. The highest BCUT2D eigenvalue weighted by Crippen LogP contribution is 2.30. The molecule has 2 aromatic rings. The van der Waals surface area contributed by atoms with E-state index in [1.165, 1.54) is 12.8 Å². The Morgan fingerprint density at radius 3 is 2.68 bits per heavy atom. The molecule has 1 unspecified atom stereocenters. The molecule has 0 bridgehead atoms. The summed E-state index contributed by atoms with van der Waals surface area (Å²) in [5.41, 5.74) is 3.58. The number of ether oxygens (including phenoxy) is 1. The lowest BCUT2D eigenvalue weighted by atomic mass is 10.1. The van der Waals surface area contributed by atoms with Gasteiger partial charge in [0.1, 0.15) is 5.75 Å². The van der Waals surface area contributed by atoms with Gasteiger partial charge in [0, 0.05) is 5.71 Å². The summed E-state index contributed by atoms with van der Waals surface area (Å²) in [6, 6.07) is 13.9. The summed E-state index contributed by atoms with van der Waals surface area (Å²) in [4.78, 5) is 12.0. The van der Waals surface area contributed by atoms with Crippen molar-refractivity contribution in [2.45, 2.75) is 32.8 Å². The first kappa shape index (κ1) is 14.6. The van der Waals surface area contributed by atoms with Crippen LogP contribution in [0.2, 0.25) is 0 Å². The van der Waals surface area contributed by atoms with Gasteiger partial charge in [0.15, 0.2) is 6.10 Å². The highest BCUT2D eigenvalue weighted by Gasteiger charge is 2.25. The molecule has 0 spiro atoms. The van der Waals surface area contributed by atoms with Gasteiger partial charge < -0.3 is 4.74 Å². The van der Waals surface area contributed by atoms with Crippen LogP contribution in [-0.4, -0.2) is 17.7 Å². The number of hydrogen-bond donors (Lipinski definition) is 1. The molecule has 2 aromatic carbocycles. The molecule has 1 atom stereocenters. The van der Waals surface area contributed by atoms with Crippen LogP contribution >= 0.6 is 0 Å². The number of rotatable bonds is 5. The van der Waals surface area contributed by atoms with Gasteiger partial charge in [-0.3, -0.25) is 4.79 Å². The molecule has 1 N–H and O–H groups in total. The Labute approximate surface area is 130 Å². The Morgan fingerprint density at radius 1 is 1.23 bits per heavy atom. The zero-order valence-electron chi connectivity index (χ0n) is 12.9. The predicted octanol–water partition coefficient (Wildman–Crippen LogP) is 3.51. The van der Waals surface area contributed by atoms with Gasteiger partial charge >= 0.3 is 0 Å². The fourth-order valence-corrected chi connectivity index (χ4v) is 2.32. The number of nitrogens with zero attached hydrogens (tertiary/aromatic N) is 1. The molecule has 4 nitrogen and oxygen atoms in total. The molecule has 1 aliphatic rings. The smallest absolute Gasteiger partial charge is 0.280 e. The van der Waals surface area contributed by atoms with Crippen LogP contribution in [0.5, 0.6) is 5.75 Å². The van der Waals surface area contributed by atoms with Gasteiger partial charge in [0.25, 0.3) is 5.91 Å². The Hall–Kier alpha value is -2.36. The van der Waals surface area contributed by atoms with E-state index in [1.54, 1.807) is 6.92 Å². The minimum atomic E-state index is -0.586. The van der Waals surface area contributed by atoms with Gasteiger partial charge in [-0.25, -0.2) is 5.43 Å². The van der Waals surface area contributed by atoms with E-state index in [4.69, 9.17) is 4.74 Å². The number of carbonyl (C=O) groups excluding carboxylic acids is 1. The molecule has 3 rings (SSSR count). The van der Waals surface area contributed by atoms with Crippen molar-refractivity contribution in [3.63, 3.8) is 0 Å². The van der Waals surface area contributed by atoms with Crippen molar-refractivity contribution >= 4 is 22.4 Å². The second-order valence-electron chi connectivity index (χ2n) is 5.77. The maximum absolute atomic E-state index is 12.0. The van der Waals surface area contributed by atoms with Crippen molar-refractivity contribution in [3.8, 4) is 5.75 Å². The number of amides is 1. The molecule has 0 heterocycles. The number of fused-ring (bicyclic) bond motifs is 1. The fourth-order valence-electron chi connectivity index (χ4n) is 2.32. The van der Waals surface area contributed by atoms with Crippen LogP contribution in [0.4, 0.5) is 0 Å². The van der Waals surface area contributed by atoms with Crippen molar-refractivity contribution in [1.29, 1.82) is 0 Å². The summed E-state index contributed by atoms with van der Waals surface area (Å²) in [6.07, 6.45) is 1.76. The zero-order chi connectivity index (χ0) is 15.5. The summed E-state index contributed by atoms with van der Waals surface area (Å²) in [5, 5.41) is 6.38. The van der Waals surface area contributed by atoms with Gasteiger partial charge in [-0.05, 0) is 55.5 Å². The highest BCUT2D eigenvalue weighted by atomic mass is 16.5. The second-order valence-corrected chi connectivity index (χ2v) is 5.77.